The van der Waals surface area contributed by atoms with Crippen LogP contribution in [0.4, 0.5) is 0 Å². The molecule has 0 N–H and O–H groups in total. The summed E-state index contributed by atoms with van der Waals surface area (Å²) >= 11 is 0. The van der Waals surface area contributed by atoms with Crippen LogP contribution in [0.5, 0.6) is 0 Å². The Morgan fingerprint density at radius 2 is 1.70 bits per heavy atom. The minimum Gasteiger partial charge on any atom is -0.296 e. The number of rotatable bonds is 3. The lowest BCUT2D eigenvalue weighted by atomic mass is 9.84. The Morgan fingerprint density at radius 3 is 2.30 bits per heavy atom. The van der Waals surface area contributed by atoms with E-state index in [0.29, 0.717) is 12.0 Å². The fourth-order valence-electron chi connectivity index (χ4n) is 2.91. The van der Waals surface area contributed by atoms with Crippen molar-refractivity contribution in [3.8, 4) is 11.3 Å². The Hall–Kier alpha value is -2.03. The van der Waals surface area contributed by atoms with Gasteiger partial charge < -0.3 is 0 Å². The molecule has 1 aromatic heterocycles. The van der Waals surface area contributed by atoms with E-state index in [4.69, 9.17) is 0 Å². The van der Waals surface area contributed by atoms with Crippen molar-refractivity contribution < 1.29 is 4.79 Å². The van der Waals surface area contributed by atoms with Crippen molar-refractivity contribution in [1.29, 1.82) is 0 Å². The van der Waals surface area contributed by atoms with E-state index in [1.54, 1.807) is 6.20 Å². The predicted molar refractivity (Wildman–Crippen MR) is 78.7 cm³/mol. The Bertz CT molecular complexity index is 569. The number of aldehydes is 1. The van der Waals surface area contributed by atoms with Crippen molar-refractivity contribution in [2.45, 2.75) is 38.0 Å². The molecule has 0 unspecified atom stereocenters. The molecule has 1 heterocycles. The van der Waals surface area contributed by atoms with Crippen LogP contribution >= 0.6 is 0 Å². The number of carbonyl (C=O) groups excluding carboxylic acids is 1. The molecular weight excluding hydrogens is 248 g/mol. The average molecular weight is 266 g/mol. The first-order chi connectivity index (χ1) is 9.86. The predicted octanol–water partition coefficient (Wildman–Crippen LogP) is 4.00. The van der Waals surface area contributed by atoms with Gasteiger partial charge in [0.1, 0.15) is 5.69 Å². The van der Waals surface area contributed by atoms with Gasteiger partial charge in [-0.05, 0) is 24.3 Å². The largest absolute Gasteiger partial charge is 0.296 e. The second-order valence-electron chi connectivity index (χ2n) is 5.40. The smallest absolute Gasteiger partial charge is 0.170 e. The molecule has 0 amide bonds. The van der Waals surface area contributed by atoms with Gasteiger partial charge in [0.25, 0.3) is 0 Å². The zero-order valence-electron chi connectivity index (χ0n) is 11.5. The summed E-state index contributed by atoms with van der Waals surface area (Å²) in [5, 5.41) is 0. The highest BCUT2D eigenvalue weighted by molar-refractivity contribution is 5.71. The Balaban J connectivity index is 1.79. The van der Waals surface area contributed by atoms with Crippen molar-refractivity contribution >= 4 is 6.29 Å². The number of hydrogen-bond donors (Lipinski definition) is 0. The van der Waals surface area contributed by atoms with E-state index in [2.05, 4.69) is 34.2 Å². The number of hydrogen-bond acceptors (Lipinski definition) is 3. The highest BCUT2D eigenvalue weighted by Gasteiger charge is 2.15. The Labute approximate surface area is 119 Å². The Kier molecular flexibility index (Phi) is 3.86. The lowest BCUT2D eigenvalue weighted by Crippen LogP contribution is -2.04. The van der Waals surface area contributed by atoms with Gasteiger partial charge in [0.15, 0.2) is 6.29 Å². The number of nitrogens with zero attached hydrogens (tertiary/aromatic N) is 2. The first kappa shape index (κ1) is 13.0. The number of aromatic nitrogens is 2. The van der Waals surface area contributed by atoms with Crippen molar-refractivity contribution in [3.63, 3.8) is 0 Å². The summed E-state index contributed by atoms with van der Waals surface area (Å²) in [4.78, 5) is 18.9. The lowest BCUT2D eigenvalue weighted by Gasteiger charge is -2.22. The number of carbonyl (C=O) groups is 1. The summed E-state index contributed by atoms with van der Waals surface area (Å²) < 4.78 is 0. The molecule has 1 aliphatic rings. The number of benzene rings is 1. The fourth-order valence-corrected chi connectivity index (χ4v) is 2.91. The van der Waals surface area contributed by atoms with Crippen molar-refractivity contribution in [3.05, 3.63) is 47.9 Å². The molecule has 0 bridgehead atoms. The summed E-state index contributed by atoms with van der Waals surface area (Å²) in [6, 6.07) is 8.63. The molecule has 1 fully saturated rings. The van der Waals surface area contributed by atoms with Gasteiger partial charge in [-0.2, -0.15) is 0 Å². The van der Waals surface area contributed by atoms with Crippen LogP contribution in [0.1, 0.15) is 54.1 Å². The van der Waals surface area contributed by atoms with Gasteiger partial charge in [-0.25, -0.2) is 4.98 Å². The van der Waals surface area contributed by atoms with Gasteiger partial charge in [0, 0.05) is 5.56 Å². The van der Waals surface area contributed by atoms with Crippen molar-refractivity contribution in [1.82, 2.24) is 9.97 Å². The summed E-state index contributed by atoms with van der Waals surface area (Å²) in [6.07, 6.45) is 10.6. The summed E-state index contributed by atoms with van der Waals surface area (Å²) in [5.41, 5.74) is 3.67. The fraction of sp³-hybridized carbons (Fsp3) is 0.353. The lowest BCUT2D eigenvalue weighted by molar-refractivity contribution is 0.111. The molecule has 3 nitrogen and oxygen atoms in total. The topological polar surface area (TPSA) is 42.9 Å². The van der Waals surface area contributed by atoms with Crippen molar-refractivity contribution in [2.75, 3.05) is 0 Å². The molecule has 3 heteroatoms. The van der Waals surface area contributed by atoms with Crippen LogP contribution < -0.4 is 0 Å². The van der Waals surface area contributed by atoms with Crippen LogP contribution in [-0.4, -0.2) is 16.3 Å². The molecule has 2 aromatic rings. The van der Waals surface area contributed by atoms with Crippen LogP contribution in [0.15, 0.2) is 36.7 Å². The van der Waals surface area contributed by atoms with Gasteiger partial charge in [-0.15, -0.1) is 0 Å². The molecular formula is C17H18N2O. The molecule has 0 saturated heterocycles. The third-order valence-electron chi connectivity index (χ3n) is 4.08. The molecule has 1 aromatic carbocycles. The van der Waals surface area contributed by atoms with E-state index >= 15 is 0 Å². The summed E-state index contributed by atoms with van der Waals surface area (Å²) in [6.45, 7) is 0. The van der Waals surface area contributed by atoms with Crippen LogP contribution in [0, 0.1) is 0 Å². The molecule has 0 aliphatic heterocycles. The SMILES string of the molecule is O=Cc1cnc(-c2ccc(C3CCCCC3)cc2)cn1. The molecule has 0 spiro atoms. The third-order valence-corrected chi connectivity index (χ3v) is 4.08. The molecule has 102 valence electrons. The second-order valence-corrected chi connectivity index (χ2v) is 5.40. The van der Waals surface area contributed by atoms with Gasteiger partial charge in [0.2, 0.25) is 0 Å². The maximum Gasteiger partial charge on any atom is 0.170 e. The van der Waals surface area contributed by atoms with Crippen molar-refractivity contribution in [2.24, 2.45) is 0 Å². The van der Waals surface area contributed by atoms with Crippen LogP contribution in [0.2, 0.25) is 0 Å². The standard InChI is InChI=1S/C17H18N2O/c20-12-16-10-19-17(11-18-16)15-8-6-14(7-9-15)13-4-2-1-3-5-13/h6-13H,1-5H2. The molecule has 0 atom stereocenters. The van der Waals surface area contributed by atoms with Gasteiger partial charge >= 0.3 is 0 Å². The average Bonchev–Trinajstić information content (AvgIpc) is 2.56. The van der Waals surface area contributed by atoms with Crippen LogP contribution in [0.3, 0.4) is 0 Å². The quantitative estimate of drug-likeness (QED) is 0.788. The molecule has 0 radical (unpaired) electrons. The van der Waals surface area contributed by atoms with E-state index < -0.39 is 0 Å². The normalized spacial score (nSPS) is 16.0. The van der Waals surface area contributed by atoms with E-state index in [0.717, 1.165) is 17.2 Å². The summed E-state index contributed by atoms with van der Waals surface area (Å²) in [5.74, 6) is 0.723. The van der Waals surface area contributed by atoms with E-state index in [-0.39, 0.29) is 0 Å². The molecule has 3 rings (SSSR count). The molecule has 1 saturated carbocycles. The first-order valence-electron chi connectivity index (χ1n) is 7.24. The Morgan fingerprint density at radius 1 is 0.950 bits per heavy atom. The maximum absolute atomic E-state index is 10.6. The van der Waals surface area contributed by atoms with E-state index in [1.807, 2.05) is 0 Å². The highest BCUT2D eigenvalue weighted by atomic mass is 16.1. The second kappa shape index (κ2) is 5.95. The van der Waals surface area contributed by atoms with Gasteiger partial charge in [0.05, 0.1) is 18.1 Å². The molecule has 1 aliphatic carbocycles. The molecule has 20 heavy (non-hydrogen) atoms. The highest BCUT2D eigenvalue weighted by Crippen LogP contribution is 2.33. The van der Waals surface area contributed by atoms with Gasteiger partial charge in [-0.3, -0.25) is 9.78 Å². The van der Waals surface area contributed by atoms with E-state index in [1.165, 1.54) is 43.9 Å². The van der Waals surface area contributed by atoms with E-state index in [9.17, 15) is 4.79 Å². The summed E-state index contributed by atoms with van der Waals surface area (Å²) in [7, 11) is 0. The maximum atomic E-state index is 10.6. The zero-order valence-corrected chi connectivity index (χ0v) is 11.5. The minimum atomic E-state index is 0.368. The van der Waals surface area contributed by atoms with Crippen LogP contribution in [-0.2, 0) is 0 Å². The zero-order chi connectivity index (χ0) is 13.8. The first-order valence-corrected chi connectivity index (χ1v) is 7.24. The van der Waals surface area contributed by atoms with Crippen LogP contribution in [0.25, 0.3) is 11.3 Å². The minimum absolute atomic E-state index is 0.368. The third kappa shape index (κ3) is 2.77. The monoisotopic (exact) mass is 266 g/mol. The van der Waals surface area contributed by atoms with Gasteiger partial charge in [-0.1, -0.05) is 43.5 Å².